The van der Waals surface area contributed by atoms with Crippen LogP contribution in [0.2, 0.25) is 0 Å². The van der Waals surface area contributed by atoms with E-state index < -0.39 is 0 Å². The number of carbonyl (C=O) groups excluding carboxylic acids is 1. The predicted octanol–water partition coefficient (Wildman–Crippen LogP) is 2.51. The summed E-state index contributed by atoms with van der Waals surface area (Å²) in [6.07, 6.45) is 8.33. The molecule has 2 aromatic rings. The van der Waals surface area contributed by atoms with Gasteiger partial charge in [0.2, 0.25) is 0 Å². The number of rotatable bonds is 4. The maximum Gasteiger partial charge on any atom is 0.271 e. The molecule has 1 aromatic carbocycles. The summed E-state index contributed by atoms with van der Waals surface area (Å²) in [5.41, 5.74) is 4.04. The van der Waals surface area contributed by atoms with Gasteiger partial charge in [-0.1, -0.05) is 36.4 Å². The average Bonchev–Trinajstić information content (AvgIpc) is 2.49. The third kappa shape index (κ3) is 4.20. The van der Waals surface area contributed by atoms with Crippen LogP contribution in [0.4, 0.5) is 0 Å². The minimum atomic E-state index is -0.258. The normalized spacial score (nSPS) is 10.9. The molecule has 2 rings (SSSR count). The van der Waals surface area contributed by atoms with Gasteiger partial charge in [-0.3, -0.25) is 9.78 Å². The Bertz CT molecular complexity index is 577. The molecule has 1 aromatic heterocycles. The van der Waals surface area contributed by atoms with Crippen molar-refractivity contribution >= 4 is 18.2 Å². The molecule has 0 atom stereocenters. The zero-order chi connectivity index (χ0) is 13.3. The quantitative estimate of drug-likeness (QED) is 0.670. The fourth-order valence-electron chi connectivity index (χ4n) is 1.43. The summed E-state index contributed by atoms with van der Waals surface area (Å²) in [6, 6.07) is 13.1. The van der Waals surface area contributed by atoms with Gasteiger partial charge in [0, 0.05) is 24.2 Å². The number of allylic oxidation sites excluding steroid dienone is 1. The zero-order valence-corrected chi connectivity index (χ0v) is 10.2. The highest BCUT2D eigenvalue weighted by Gasteiger charge is 2.01. The lowest BCUT2D eigenvalue weighted by atomic mass is 10.2. The lowest BCUT2D eigenvalue weighted by Gasteiger charge is -1.97. The van der Waals surface area contributed by atoms with E-state index in [2.05, 4.69) is 15.5 Å². The number of nitrogens with one attached hydrogen (secondary N) is 1. The lowest BCUT2D eigenvalue weighted by Crippen LogP contribution is -2.17. The molecule has 0 saturated heterocycles. The Labute approximate surface area is 111 Å². The van der Waals surface area contributed by atoms with Gasteiger partial charge in [0.1, 0.15) is 0 Å². The number of hydrogen-bond donors (Lipinski definition) is 1. The number of benzene rings is 1. The third-order valence-corrected chi connectivity index (χ3v) is 2.36. The Balaban J connectivity index is 1.84. The van der Waals surface area contributed by atoms with Crippen LogP contribution < -0.4 is 5.43 Å². The van der Waals surface area contributed by atoms with Gasteiger partial charge in [0.25, 0.3) is 5.91 Å². The Morgan fingerprint density at radius 2 is 1.84 bits per heavy atom. The molecule has 0 saturated carbocycles. The molecule has 0 fully saturated rings. The van der Waals surface area contributed by atoms with Crippen LogP contribution in [0.1, 0.15) is 15.9 Å². The average molecular weight is 251 g/mol. The van der Waals surface area contributed by atoms with E-state index in [1.54, 1.807) is 30.6 Å². The first-order valence-electron chi connectivity index (χ1n) is 5.81. The van der Waals surface area contributed by atoms with Gasteiger partial charge >= 0.3 is 0 Å². The summed E-state index contributed by atoms with van der Waals surface area (Å²) < 4.78 is 0. The molecule has 0 aliphatic carbocycles. The number of pyridine rings is 1. The standard InChI is InChI=1S/C15H13N3O/c19-15(14-8-11-16-12-9-14)18-17-10-4-7-13-5-2-1-3-6-13/h1-12H,(H,18,19)/b7-4+,17-10+. The summed E-state index contributed by atoms with van der Waals surface area (Å²) in [4.78, 5) is 15.4. The van der Waals surface area contributed by atoms with E-state index in [0.717, 1.165) is 5.56 Å². The van der Waals surface area contributed by atoms with E-state index in [9.17, 15) is 4.79 Å². The van der Waals surface area contributed by atoms with Crippen molar-refractivity contribution in [2.45, 2.75) is 0 Å². The first-order chi connectivity index (χ1) is 9.36. The molecule has 1 amide bonds. The molecule has 0 unspecified atom stereocenters. The number of carbonyl (C=O) groups is 1. The second-order valence-electron chi connectivity index (χ2n) is 3.72. The third-order valence-electron chi connectivity index (χ3n) is 2.36. The molecular weight excluding hydrogens is 238 g/mol. The molecule has 1 N–H and O–H groups in total. The number of aromatic nitrogens is 1. The van der Waals surface area contributed by atoms with E-state index in [1.165, 1.54) is 6.21 Å². The molecule has 19 heavy (non-hydrogen) atoms. The highest BCUT2D eigenvalue weighted by molar-refractivity contribution is 5.94. The molecule has 4 heteroatoms. The minimum Gasteiger partial charge on any atom is -0.267 e. The van der Waals surface area contributed by atoms with Gasteiger partial charge in [0.15, 0.2) is 0 Å². The van der Waals surface area contributed by atoms with Crippen LogP contribution in [-0.4, -0.2) is 17.1 Å². The number of nitrogens with zero attached hydrogens (tertiary/aromatic N) is 2. The zero-order valence-electron chi connectivity index (χ0n) is 10.2. The Morgan fingerprint density at radius 1 is 1.11 bits per heavy atom. The Morgan fingerprint density at radius 3 is 2.58 bits per heavy atom. The Kier molecular flexibility index (Phi) is 4.58. The minimum absolute atomic E-state index is 0.258. The molecule has 0 aliphatic heterocycles. The summed E-state index contributed by atoms with van der Waals surface area (Å²) in [6.45, 7) is 0. The van der Waals surface area contributed by atoms with E-state index in [-0.39, 0.29) is 5.91 Å². The van der Waals surface area contributed by atoms with Crippen molar-refractivity contribution in [2.75, 3.05) is 0 Å². The maximum absolute atomic E-state index is 11.6. The monoisotopic (exact) mass is 251 g/mol. The first-order valence-corrected chi connectivity index (χ1v) is 5.81. The van der Waals surface area contributed by atoms with Gasteiger partial charge in [-0.2, -0.15) is 5.10 Å². The highest BCUT2D eigenvalue weighted by Crippen LogP contribution is 1.99. The van der Waals surface area contributed by atoms with E-state index in [1.807, 2.05) is 36.4 Å². The van der Waals surface area contributed by atoms with Crippen LogP contribution in [0.15, 0.2) is 66.0 Å². The topological polar surface area (TPSA) is 54.4 Å². The second kappa shape index (κ2) is 6.86. The molecule has 0 spiro atoms. The largest absolute Gasteiger partial charge is 0.271 e. The van der Waals surface area contributed by atoms with Crippen LogP contribution in [0.25, 0.3) is 6.08 Å². The fourth-order valence-corrected chi connectivity index (χ4v) is 1.43. The van der Waals surface area contributed by atoms with Crippen molar-refractivity contribution in [1.29, 1.82) is 0 Å². The van der Waals surface area contributed by atoms with Crippen LogP contribution in [0.5, 0.6) is 0 Å². The van der Waals surface area contributed by atoms with Gasteiger partial charge in [-0.15, -0.1) is 0 Å². The molecule has 4 nitrogen and oxygen atoms in total. The van der Waals surface area contributed by atoms with Gasteiger partial charge < -0.3 is 0 Å². The first kappa shape index (κ1) is 12.7. The summed E-state index contributed by atoms with van der Waals surface area (Å²) in [7, 11) is 0. The second-order valence-corrected chi connectivity index (χ2v) is 3.72. The summed E-state index contributed by atoms with van der Waals surface area (Å²) >= 11 is 0. The predicted molar refractivity (Wildman–Crippen MR) is 75.7 cm³/mol. The molecule has 0 bridgehead atoms. The summed E-state index contributed by atoms with van der Waals surface area (Å²) in [5.74, 6) is -0.258. The van der Waals surface area contributed by atoms with Crippen LogP contribution in [0, 0.1) is 0 Å². The number of amides is 1. The smallest absolute Gasteiger partial charge is 0.267 e. The highest BCUT2D eigenvalue weighted by atomic mass is 16.2. The van der Waals surface area contributed by atoms with Crippen molar-refractivity contribution in [3.8, 4) is 0 Å². The molecule has 94 valence electrons. The van der Waals surface area contributed by atoms with E-state index in [0.29, 0.717) is 5.56 Å². The lowest BCUT2D eigenvalue weighted by molar-refractivity contribution is 0.0955. The SMILES string of the molecule is O=C(N/N=C/C=C/c1ccccc1)c1ccncc1. The molecule has 0 aliphatic rings. The maximum atomic E-state index is 11.6. The molecule has 1 heterocycles. The van der Waals surface area contributed by atoms with Gasteiger partial charge in [-0.25, -0.2) is 5.43 Å². The van der Waals surface area contributed by atoms with Crippen molar-refractivity contribution in [3.63, 3.8) is 0 Å². The number of hydrazone groups is 1. The van der Waals surface area contributed by atoms with Crippen LogP contribution in [0.3, 0.4) is 0 Å². The van der Waals surface area contributed by atoms with Crippen LogP contribution in [-0.2, 0) is 0 Å². The van der Waals surface area contributed by atoms with Crippen LogP contribution >= 0.6 is 0 Å². The summed E-state index contributed by atoms with van der Waals surface area (Å²) in [5, 5.41) is 3.83. The fraction of sp³-hybridized carbons (Fsp3) is 0. The number of hydrogen-bond acceptors (Lipinski definition) is 3. The van der Waals surface area contributed by atoms with E-state index >= 15 is 0 Å². The van der Waals surface area contributed by atoms with Crippen molar-refractivity contribution < 1.29 is 4.79 Å². The van der Waals surface area contributed by atoms with Crippen molar-refractivity contribution in [2.24, 2.45) is 5.10 Å². The molecular formula is C15H13N3O. The van der Waals surface area contributed by atoms with Crippen molar-refractivity contribution in [1.82, 2.24) is 10.4 Å². The van der Waals surface area contributed by atoms with Crippen molar-refractivity contribution in [3.05, 3.63) is 72.1 Å². The molecule has 0 radical (unpaired) electrons. The van der Waals surface area contributed by atoms with Gasteiger partial charge in [-0.05, 0) is 23.8 Å². The van der Waals surface area contributed by atoms with E-state index in [4.69, 9.17) is 0 Å². The van der Waals surface area contributed by atoms with Gasteiger partial charge in [0.05, 0.1) is 0 Å². The Hall–Kier alpha value is -2.75.